The fourth-order valence-electron chi connectivity index (χ4n) is 0.0630. The summed E-state index contributed by atoms with van der Waals surface area (Å²) in [5, 5.41) is 0.0756. The van der Waals surface area contributed by atoms with Gasteiger partial charge in [0, 0.05) is 0 Å². The highest BCUT2D eigenvalue weighted by atomic mass is 35.6. The molecule has 1 unspecified atom stereocenters. The van der Waals surface area contributed by atoms with Gasteiger partial charge in [-0.2, -0.15) is 11.1 Å². The molecule has 0 aliphatic carbocycles. The third kappa shape index (κ3) is 2.76. The summed E-state index contributed by atoms with van der Waals surface area (Å²) in [5.41, 5.74) is 0. The van der Waals surface area contributed by atoms with Gasteiger partial charge < -0.3 is 0 Å². The second-order valence-corrected chi connectivity index (χ2v) is 4.10. The van der Waals surface area contributed by atoms with Crippen LogP contribution in [0.25, 0.3) is 0 Å². The first-order chi connectivity index (χ1) is 2.81. The Kier molecular flexibility index (Phi) is 4.05. The second-order valence-electron chi connectivity index (χ2n) is 0.906. The molecule has 0 fully saturated rings. The fourth-order valence-corrected chi connectivity index (χ4v) is 0.567. The molecule has 0 aromatic heterocycles. The molecule has 0 aliphatic heterocycles. The summed E-state index contributed by atoms with van der Waals surface area (Å²) in [6, 6.07) is 0. The van der Waals surface area contributed by atoms with Crippen molar-refractivity contribution in [2.24, 2.45) is 0 Å². The zero-order chi connectivity index (χ0) is 4.99. The largest absolute Gasteiger partial charge is 0.174 e. The van der Waals surface area contributed by atoms with Crippen molar-refractivity contribution in [2.75, 3.05) is 0 Å². The molecule has 0 bridgehead atoms. The molecule has 0 rings (SSSR count). The summed E-state index contributed by atoms with van der Waals surface area (Å²) in [7, 11) is -0.542. The minimum Gasteiger partial charge on any atom is -0.174 e. The topological polar surface area (TPSA) is 0 Å². The van der Waals surface area contributed by atoms with Crippen LogP contribution in [0.3, 0.4) is 0 Å². The van der Waals surface area contributed by atoms with Crippen LogP contribution in [0.1, 0.15) is 0 Å². The highest BCUT2D eigenvalue weighted by molar-refractivity contribution is 6.98. The van der Waals surface area contributed by atoms with Crippen molar-refractivity contribution in [3.63, 3.8) is 0 Å². The number of hydrogen-bond donors (Lipinski definition) is 0. The van der Waals surface area contributed by atoms with Gasteiger partial charge in [0.15, 0.2) is 0 Å². The van der Waals surface area contributed by atoms with Gasteiger partial charge in [-0.25, -0.2) is 0 Å². The summed E-state index contributed by atoms with van der Waals surface area (Å²) >= 11 is 10.8. The van der Waals surface area contributed by atoms with E-state index in [1.807, 2.05) is 0 Å². The van der Waals surface area contributed by atoms with Gasteiger partial charge in [-0.3, -0.25) is 0 Å². The van der Waals surface area contributed by atoms with E-state index in [2.05, 4.69) is 6.58 Å². The van der Waals surface area contributed by atoms with Gasteiger partial charge >= 0.3 is 0 Å². The van der Waals surface area contributed by atoms with Crippen LogP contribution in [0, 0.1) is 0 Å². The molecule has 0 aromatic carbocycles. The van der Waals surface area contributed by atoms with E-state index in [4.69, 9.17) is 22.7 Å². The molecule has 0 saturated carbocycles. The molecule has 3 heteroatoms. The van der Waals surface area contributed by atoms with Gasteiger partial charge in [0.25, 0.3) is 0 Å². The van der Waals surface area contributed by atoms with Crippen LogP contribution >= 0.6 is 22.7 Å². The third-order valence-corrected chi connectivity index (χ3v) is 3.14. The van der Waals surface area contributed by atoms with Crippen molar-refractivity contribution in [3.05, 3.63) is 12.7 Å². The number of alkyl halides is 1. The maximum atomic E-state index is 5.46. The number of hydrogen-bond acceptors (Lipinski definition) is 0. The van der Waals surface area contributed by atoms with E-state index in [0.717, 1.165) is 0 Å². The lowest BCUT2D eigenvalue weighted by Crippen LogP contribution is -1.95. The lowest BCUT2D eigenvalue weighted by molar-refractivity contribution is 1.62. The summed E-state index contributed by atoms with van der Waals surface area (Å²) < 4.78 is 0. The van der Waals surface area contributed by atoms with Crippen LogP contribution in [-0.2, 0) is 0 Å². The molecule has 0 nitrogen and oxygen atoms in total. The van der Waals surface area contributed by atoms with Gasteiger partial charge in [0.1, 0.15) is 8.83 Å². The number of allylic oxidation sites excluding steroid dienone is 1. The predicted molar refractivity (Wildman–Crippen MR) is 34.2 cm³/mol. The van der Waals surface area contributed by atoms with Gasteiger partial charge in [0.2, 0.25) is 0 Å². The van der Waals surface area contributed by atoms with Crippen LogP contribution in [-0.4, -0.2) is 13.8 Å². The van der Waals surface area contributed by atoms with Crippen molar-refractivity contribution in [3.8, 4) is 0 Å². The Morgan fingerprint density at radius 2 is 2.33 bits per heavy atom. The quantitative estimate of drug-likeness (QED) is 0.233. The fraction of sp³-hybridized carbons (Fsp3) is 0.333. The smallest absolute Gasteiger partial charge is 0.148 e. The monoisotopic (exact) mass is 140 g/mol. The molecule has 6 heavy (non-hydrogen) atoms. The first-order valence-electron chi connectivity index (χ1n) is 1.64. The van der Waals surface area contributed by atoms with Crippen molar-refractivity contribution in [2.45, 2.75) is 5.00 Å². The Labute approximate surface area is 49.7 Å². The van der Waals surface area contributed by atoms with Crippen LogP contribution < -0.4 is 0 Å². The second kappa shape index (κ2) is 3.72. The summed E-state index contributed by atoms with van der Waals surface area (Å²) in [5.74, 6) is 0. The molecule has 0 saturated heterocycles. The minimum absolute atomic E-state index is 0.0756. The summed E-state index contributed by atoms with van der Waals surface area (Å²) in [4.78, 5) is 0. The van der Waals surface area contributed by atoms with E-state index >= 15 is 0 Å². The maximum absolute atomic E-state index is 5.46. The highest BCUT2D eigenvalue weighted by Crippen LogP contribution is 1.93. The van der Waals surface area contributed by atoms with Gasteiger partial charge in [0.05, 0.1) is 5.00 Å². The molecule has 36 valence electrons. The molecule has 0 amide bonds. The molecule has 0 heterocycles. The highest BCUT2D eigenvalue weighted by Gasteiger charge is 1.91. The number of halogens is 2. The predicted octanol–water partition coefficient (Wildman–Crippen LogP) is 1.06. The molecule has 0 spiro atoms. The average molecular weight is 141 g/mol. The Morgan fingerprint density at radius 3 is 2.33 bits per heavy atom. The van der Waals surface area contributed by atoms with Crippen molar-refractivity contribution in [1.29, 1.82) is 0 Å². The summed E-state index contributed by atoms with van der Waals surface area (Å²) in [6.07, 6.45) is 1.67. The van der Waals surface area contributed by atoms with Gasteiger partial charge in [-0.05, 0) is 0 Å². The lowest BCUT2D eigenvalue weighted by Gasteiger charge is -1.87. The molecule has 0 N–H and O–H groups in total. The normalized spacial score (nSPS) is 15.7. The van der Waals surface area contributed by atoms with Crippen LogP contribution in [0.2, 0.25) is 0 Å². The van der Waals surface area contributed by atoms with Crippen molar-refractivity contribution < 1.29 is 0 Å². The minimum atomic E-state index is -0.542. The van der Waals surface area contributed by atoms with E-state index in [1.54, 1.807) is 6.08 Å². The van der Waals surface area contributed by atoms with Crippen LogP contribution in [0.5, 0.6) is 0 Å². The first-order valence-corrected chi connectivity index (χ1v) is 5.03. The van der Waals surface area contributed by atoms with E-state index in [9.17, 15) is 0 Å². The van der Waals surface area contributed by atoms with Crippen LogP contribution in [0.4, 0.5) is 0 Å². The average Bonchev–Trinajstić information content (AvgIpc) is 1.65. The molecule has 0 aliphatic rings. The van der Waals surface area contributed by atoms with E-state index in [1.165, 1.54) is 0 Å². The molecule has 0 aromatic rings. The maximum Gasteiger partial charge on any atom is 0.148 e. The number of rotatable bonds is 2. The molecular formula is C3H6Cl2Si. The van der Waals surface area contributed by atoms with Crippen molar-refractivity contribution >= 4 is 31.5 Å². The zero-order valence-electron chi connectivity index (χ0n) is 3.32. The van der Waals surface area contributed by atoms with Crippen molar-refractivity contribution in [1.82, 2.24) is 0 Å². The molecular weight excluding hydrogens is 135 g/mol. The molecule has 0 radical (unpaired) electrons. The third-order valence-electron chi connectivity index (χ3n) is 0.403. The lowest BCUT2D eigenvalue weighted by atomic mass is 10.8. The Hall–Kier alpha value is 0.537. The zero-order valence-corrected chi connectivity index (χ0v) is 6.25. The van der Waals surface area contributed by atoms with Crippen LogP contribution in [0.15, 0.2) is 12.7 Å². The Balaban J connectivity index is 2.96. The molecule has 1 atom stereocenters. The first kappa shape index (κ1) is 6.54. The van der Waals surface area contributed by atoms with Gasteiger partial charge in [-0.1, -0.05) is 6.08 Å². The summed E-state index contributed by atoms with van der Waals surface area (Å²) in [6.45, 7) is 3.45. The Bertz CT molecular complexity index is 46.1. The van der Waals surface area contributed by atoms with E-state index < -0.39 is 8.83 Å². The van der Waals surface area contributed by atoms with E-state index in [-0.39, 0.29) is 5.00 Å². The standard InChI is InChI=1S/C3H6Cl2Si/c1-2-3(4)6-5/h2-3H,1,6H2. The van der Waals surface area contributed by atoms with E-state index in [0.29, 0.717) is 0 Å². The Morgan fingerprint density at radius 1 is 1.83 bits per heavy atom. The SMILES string of the molecule is C=CC(Cl)[SiH2]Cl. The van der Waals surface area contributed by atoms with Gasteiger partial charge in [-0.15, -0.1) is 18.2 Å².